The van der Waals surface area contributed by atoms with Crippen LogP contribution in [0.3, 0.4) is 0 Å². The van der Waals surface area contributed by atoms with Gasteiger partial charge in [0.15, 0.2) is 0 Å². The third kappa shape index (κ3) is 4.68. The van der Waals surface area contributed by atoms with Gasteiger partial charge in [0.25, 0.3) is 5.91 Å². The molecule has 1 N–H and O–H groups in total. The fourth-order valence-electron chi connectivity index (χ4n) is 2.83. The van der Waals surface area contributed by atoms with Crippen molar-refractivity contribution in [2.45, 2.75) is 13.1 Å². The van der Waals surface area contributed by atoms with Gasteiger partial charge < -0.3 is 14.8 Å². The van der Waals surface area contributed by atoms with E-state index < -0.39 is 17.6 Å². The number of alkyl halides is 3. The number of aromatic nitrogens is 1. The lowest BCUT2D eigenvalue weighted by atomic mass is 10.1. The predicted octanol–water partition coefficient (Wildman–Crippen LogP) is 4.66. The number of benzene rings is 1. The number of rotatable bonds is 6. The van der Waals surface area contributed by atoms with E-state index in [2.05, 4.69) is 5.32 Å². The van der Waals surface area contributed by atoms with Crippen LogP contribution in [0.25, 0.3) is 5.69 Å². The maximum absolute atomic E-state index is 13.1. The van der Waals surface area contributed by atoms with Crippen LogP contribution >= 0.6 is 11.3 Å². The average Bonchev–Trinajstić information content (AvgIpc) is 3.36. The quantitative estimate of drug-likeness (QED) is 0.630. The van der Waals surface area contributed by atoms with E-state index in [1.54, 1.807) is 35.3 Å². The van der Waals surface area contributed by atoms with Gasteiger partial charge in [-0.3, -0.25) is 9.59 Å². The van der Waals surface area contributed by atoms with Crippen LogP contribution in [0.5, 0.6) is 0 Å². The third-order valence-corrected chi connectivity index (χ3v) is 5.12. The molecule has 0 aliphatic rings. The second-order valence-electron chi connectivity index (χ2n) is 6.14. The molecule has 0 saturated carbocycles. The van der Waals surface area contributed by atoms with Crippen molar-refractivity contribution in [2.75, 3.05) is 18.4 Å². The third-order valence-electron chi connectivity index (χ3n) is 4.23. The summed E-state index contributed by atoms with van der Waals surface area (Å²) in [7, 11) is 0. The smallest absolute Gasteiger partial charge is 0.329 e. The van der Waals surface area contributed by atoms with Crippen molar-refractivity contribution in [1.29, 1.82) is 0 Å². The van der Waals surface area contributed by atoms with Gasteiger partial charge in [-0.15, -0.1) is 11.3 Å². The number of para-hydroxylation sites is 1. The average molecular weight is 421 g/mol. The number of halogens is 3. The lowest BCUT2D eigenvalue weighted by Gasteiger charge is -2.21. The molecule has 0 spiro atoms. The summed E-state index contributed by atoms with van der Waals surface area (Å²) in [6, 6.07) is 10.2. The molecular weight excluding hydrogens is 403 g/mol. The summed E-state index contributed by atoms with van der Waals surface area (Å²) in [4.78, 5) is 27.1. The predicted molar refractivity (Wildman–Crippen MR) is 105 cm³/mol. The Morgan fingerprint density at radius 3 is 2.45 bits per heavy atom. The van der Waals surface area contributed by atoms with Gasteiger partial charge in [-0.05, 0) is 42.6 Å². The zero-order chi connectivity index (χ0) is 21.0. The van der Waals surface area contributed by atoms with Crippen molar-refractivity contribution < 1.29 is 22.8 Å². The van der Waals surface area contributed by atoms with Gasteiger partial charge in [-0.2, -0.15) is 13.2 Å². The van der Waals surface area contributed by atoms with E-state index in [4.69, 9.17) is 0 Å². The van der Waals surface area contributed by atoms with Crippen molar-refractivity contribution in [1.82, 2.24) is 9.47 Å². The van der Waals surface area contributed by atoms with Crippen molar-refractivity contribution in [3.8, 4) is 5.69 Å². The first kappa shape index (κ1) is 20.7. The van der Waals surface area contributed by atoms with Crippen LogP contribution < -0.4 is 5.32 Å². The number of carbonyl (C=O) groups is 2. The number of thiophene rings is 1. The molecule has 29 heavy (non-hydrogen) atoms. The Kier molecular flexibility index (Phi) is 6.07. The summed E-state index contributed by atoms with van der Waals surface area (Å²) in [6.45, 7) is 1.58. The second kappa shape index (κ2) is 8.52. The number of hydrogen-bond acceptors (Lipinski definition) is 3. The van der Waals surface area contributed by atoms with Crippen molar-refractivity contribution in [3.63, 3.8) is 0 Å². The lowest BCUT2D eigenvalue weighted by Crippen LogP contribution is -2.38. The van der Waals surface area contributed by atoms with Crippen LogP contribution in [0.4, 0.5) is 18.9 Å². The summed E-state index contributed by atoms with van der Waals surface area (Å²) in [6.07, 6.45) is -0.988. The van der Waals surface area contributed by atoms with E-state index >= 15 is 0 Å². The number of nitrogens with one attached hydrogen (secondary N) is 1. The normalized spacial score (nSPS) is 11.3. The zero-order valence-electron chi connectivity index (χ0n) is 15.4. The fraction of sp³-hybridized carbons (Fsp3) is 0.200. The van der Waals surface area contributed by atoms with Gasteiger partial charge in [0.05, 0.1) is 16.9 Å². The van der Waals surface area contributed by atoms with E-state index in [0.29, 0.717) is 10.6 Å². The monoisotopic (exact) mass is 421 g/mol. The second-order valence-corrected chi connectivity index (χ2v) is 7.05. The highest BCUT2D eigenvalue weighted by Crippen LogP contribution is 2.34. The minimum Gasteiger partial charge on any atom is -0.329 e. The van der Waals surface area contributed by atoms with Crippen molar-refractivity contribution in [3.05, 3.63) is 70.7 Å². The Balaban J connectivity index is 1.75. The molecule has 0 aliphatic carbocycles. The number of likely N-dealkylation sites (N-methyl/N-ethyl adjacent to an activating group) is 1. The molecule has 5 nitrogen and oxygen atoms in total. The summed E-state index contributed by atoms with van der Waals surface area (Å²) in [5, 5.41) is 4.04. The first-order valence-electron chi connectivity index (χ1n) is 8.77. The molecule has 9 heteroatoms. The molecule has 0 bridgehead atoms. The molecule has 2 amide bonds. The molecule has 1 aromatic carbocycles. The Morgan fingerprint density at radius 2 is 1.79 bits per heavy atom. The first-order valence-corrected chi connectivity index (χ1v) is 9.65. The summed E-state index contributed by atoms with van der Waals surface area (Å²) in [5.41, 5.74) is -0.584. The summed E-state index contributed by atoms with van der Waals surface area (Å²) >= 11 is 1.24. The molecule has 2 heterocycles. The molecule has 0 saturated heterocycles. The minimum atomic E-state index is -4.59. The van der Waals surface area contributed by atoms with Crippen LogP contribution in [-0.4, -0.2) is 34.4 Å². The van der Waals surface area contributed by atoms with Gasteiger partial charge >= 0.3 is 6.18 Å². The van der Waals surface area contributed by atoms with E-state index in [0.717, 1.165) is 6.07 Å². The highest BCUT2D eigenvalue weighted by molar-refractivity contribution is 7.12. The lowest BCUT2D eigenvalue weighted by molar-refractivity contribution is -0.137. The Hall–Kier alpha value is -3.07. The maximum Gasteiger partial charge on any atom is 0.418 e. The molecule has 0 fully saturated rings. The van der Waals surface area contributed by atoms with Crippen LogP contribution in [0, 0.1) is 0 Å². The first-order chi connectivity index (χ1) is 13.8. The molecule has 2 aromatic heterocycles. The van der Waals surface area contributed by atoms with Crippen LogP contribution in [0.1, 0.15) is 22.2 Å². The number of nitrogens with zero attached hydrogens (tertiary/aromatic N) is 2. The van der Waals surface area contributed by atoms with E-state index in [1.165, 1.54) is 34.4 Å². The van der Waals surface area contributed by atoms with Gasteiger partial charge in [0, 0.05) is 18.9 Å². The molecule has 0 radical (unpaired) electrons. The standard InChI is InChI=1S/C20H18F3N3O2S/c1-2-25(19(28)18-16(9-12-29-18)26-10-5-6-11-26)13-17(27)24-15-8-4-3-7-14(15)20(21,22)23/h3-12H,2,13H2,1H3,(H,24,27). The van der Waals surface area contributed by atoms with E-state index in [1.807, 2.05) is 12.1 Å². The van der Waals surface area contributed by atoms with E-state index in [9.17, 15) is 22.8 Å². The SMILES string of the molecule is CCN(CC(=O)Nc1ccccc1C(F)(F)F)C(=O)c1sccc1-n1cccc1. The Morgan fingerprint density at radius 1 is 1.10 bits per heavy atom. The van der Waals surface area contributed by atoms with Gasteiger partial charge in [0.2, 0.25) is 5.91 Å². The number of amides is 2. The summed E-state index contributed by atoms with van der Waals surface area (Å²) < 4.78 is 41.1. The topological polar surface area (TPSA) is 54.3 Å². The largest absolute Gasteiger partial charge is 0.418 e. The molecule has 3 aromatic rings. The molecule has 0 aliphatic heterocycles. The highest BCUT2D eigenvalue weighted by atomic mass is 32.1. The molecule has 152 valence electrons. The summed E-state index contributed by atoms with van der Waals surface area (Å²) in [5.74, 6) is -1.05. The maximum atomic E-state index is 13.1. The van der Waals surface area contributed by atoms with E-state index in [-0.39, 0.29) is 24.7 Å². The van der Waals surface area contributed by atoms with Crippen LogP contribution in [0.15, 0.2) is 60.2 Å². The van der Waals surface area contributed by atoms with Crippen LogP contribution in [0.2, 0.25) is 0 Å². The fourth-order valence-corrected chi connectivity index (χ4v) is 3.69. The molecule has 3 rings (SSSR count). The van der Waals surface area contributed by atoms with Crippen molar-refractivity contribution >= 4 is 28.8 Å². The zero-order valence-corrected chi connectivity index (χ0v) is 16.3. The number of anilines is 1. The Labute approximate surface area is 169 Å². The highest BCUT2D eigenvalue weighted by Gasteiger charge is 2.33. The van der Waals surface area contributed by atoms with Gasteiger partial charge in [0.1, 0.15) is 11.4 Å². The number of carbonyl (C=O) groups excluding carboxylic acids is 2. The molecule has 0 unspecified atom stereocenters. The number of hydrogen-bond donors (Lipinski definition) is 1. The minimum absolute atomic E-state index is 0.232. The van der Waals surface area contributed by atoms with Gasteiger partial charge in [-0.1, -0.05) is 12.1 Å². The molecule has 0 atom stereocenters. The van der Waals surface area contributed by atoms with Crippen molar-refractivity contribution in [2.24, 2.45) is 0 Å². The van der Waals surface area contributed by atoms with Crippen LogP contribution in [-0.2, 0) is 11.0 Å². The Bertz CT molecular complexity index is 997. The van der Waals surface area contributed by atoms with Gasteiger partial charge in [-0.25, -0.2) is 0 Å². The molecular formula is C20H18F3N3O2S.